The van der Waals surface area contributed by atoms with Crippen LogP contribution in [0.25, 0.3) is 16.6 Å². The van der Waals surface area contributed by atoms with Crippen molar-refractivity contribution in [1.29, 1.82) is 0 Å². The molecule has 0 bridgehead atoms. The van der Waals surface area contributed by atoms with E-state index in [-0.39, 0.29) is 0 Å². The SMILES string of the molecule is c1ccc2c(c1)nc(Nc1ccc3c(c1)OCCO3)n1cnnc21. The van der Waals surface area contributed by atoms with Gasteiger partial charge in [0.15, 0.2) is 17.1 Å². The first-order valence-corrected chi connectivity index (χ1v) is 7.64. The van der Waals surface area contributed by atoms with Crippen LogP contribution in [-0.4, -0.2) is 32.8 Å². The molecule has 0 saturated heterocycles. The highest BCUT2D eigenvalue weighted by Crippen LogP contribution is 2.33. The Kier molecular flexibility index (Phi) is 2.78. The number of anilines is 2. The molecule has 118 valence electrons. The summed E-state index contributed by atoms with van der Waals surface area (Å²) < 4.78 is 13.0. The zero-order valence-electron chi connectivity index (χ0n) is 12.6. The lowest BCUT2D eigenvalue weighted by molar-refractivity contribution is 0.171. The third-order valence-electron chi connectivity index (χ3n) is 3.95. The molecule has 2 aromatic heterocycles. The highest BCUT2D eigenvalue weighted by Gasteiger charge is 2.14. The van der Waals surface area contributed by atoms with Crippen molar-refractivity contribution in [1.82, 2.24) is 19.6 Å². The van der Waals surface area contributed by atoms with E-state index in [1.807, 2.05) is 46.9 Å². The lowest BCUT2D eigenvalue weighted by Gasteiger charge is -2.19. The number of nitrogens with one attached hydrogen (secondary N) is 1. The molecule has 5 rings (SSSR count). The monoisotopic (exact) mass is 319 g/mol. The quantitative estimate of drug-likeness (QED) is 0.612. The van der Waals surface area contributed by atoms with E-state index in [1.54, 1.807) is 6.33 Å². The maximum atomic E-state index is 5.63. The summed E-state index contributed by atoms with van der Waals surface area (Å²) in [5.41, 5.74) is 2.48. The Morgan fingerprint density at radius 3 is 2.83 bits per heavy atom. The number of fused-ring (bicyclic) bond motifs is 4. The van der Waals surface area contributed by atoms with Crippen LogP contribution in [-0.2, 0) is 0 Å². The molecule has 0 fully saturated rings. The summed E-state index contributed by atoms with van der Waals surface area (Å²) in [6, 6.07) is 13.6. The fourth-order valence-corrected chi connectivity index (χ4v) is 2.84. The Balaban J connectivity index is 1.62. The topological polar surface area (TPSA) is 73.6 Å². The molecule has 0 unspecified atom stereocenters. The summed E-state index contributed by atoms with van der Waals surface area (Å²) in [5, 5.41) is 12.5. The Hall–Kier alpha value is -3.35. The molecule has 1 aliphatic heterocycles. The molecular weight excluding hydrogens is 306 g/mol. The van der Waals surface area contributed by atoms with E-state index in [0.29, 0.717) is 19.2 Å². The summed E-state index contributed by atoms with van der Waals surface area (Å²) in [4.78, 5) is 4.68. The maximum absolute atomic E-state index is 5.63. The summed E-state index contributed by atoms with van der Waals surface area (Å²) in [5.74, 6) is 2.13. The van der Waals surface area contributed by atoms with Crippen LogP contribution < -0.4 is 14.8 Å². The van der Waals surface area contributed by atoms with Crippen molar-refractivity contribution in [3.05, 3.63) is 48.8 Å². The largest absolute Gasteiger partial charge is 0.486 e. The van der Waals surface area contributed by atoms with Crippen molar-refractivity contribution in [3.8, 4) is 11.5 Å². The minimum absolute atomic E-state index is 0.556. The minimum Gasteiger partial charge on any atom is -0.486 e. The maximum Gasteiger partial charge on any atom is 0.215 e. The molecule has 3 heterocycles. The van der Waals surface area contributed by atoms with Gasteiger partial charge in [0.2, 0.25) is 5.95 Å². The number of para-hydroxylation sites is 1. The first-order valence-electron chi connectivity index (χ1n) is 7.64. The number of hydrogen-bond donors (Lipinski definition) is 1. The molecule has 2 aromatic carbocycles. The van der Waals surface area contributed by atoms with E-state index in [1.165, 1.54) is 0 Å². The number of aromatic nitrogens is 4. The molecule has 0 spiro atoms. The van der Waals surface area contributed by atoms with Gasteiger partial charge in [-0.2, -0.15) is 0 Å². The van der Waals surface area contributed by atoms with Gasteiger partial charge in [-0.25, -0.2) is 4.98 Å². The number of hydrogen-bond acceptors (Lipinski definition) is 6. The smallest absolute Gasteiger partial charge is 0.215 e. The normalized spacial score (nSPS) is 13.3. The van der Waals surface area contributed by atoms with E-state index in [4.69, 9.17) is 9.47 Å². The van der Waals surface area contributed by atoms with E-state index in [2.05, 4.69) is 20.5 Å². The van der Waals surface area contributed by atoms with Gasteiger partial charge in [0, 0.05) is 17.1 Å². The summed E-state index contributed by atoms with van der Waals surface area (Å²) in [7, 11) is 0. The van der Waals surface area contributed by atoms with E-state index < -0.39 is 0 Å². The van der Waals surface area contributed by atoms with Gasteiger partial charge in [0.05, 0.1) is 5.52 Å². The molecule has 0 saturated carbocycles. The second-order valence-electron chi connectivity index (χ2n) is 5.46. The van der Waals surface area contributed by atoms with Crippen LogP contribution in [0.1, 0.15) is 0 Å². The van der Waals surface area contributed by atoms with Crippen molar-refractivity contribution < 1.29 is 9.47 Å². The average molecular weight is 319 g/mol. The molecule has 0 aliphatic carbocycles. The van der Waals surface area contributed by atoms with Crippen LogP contribution >= 0.6 is 0 Å². The van der Waals surface area contributed by atoms with Crippen molar-refractivity contribution in [2.75, 3.05) is 18.5 Å². The zero-order valence-corrected chi connectivity index (χ0v) is 12.6. The van der Waals surface area contributed by atoms with Crippen LogP contribution in [0.3, 0.4) is 0 Å². The molecule has 1 aliphatic rings. The third-order valence-corrected chi connectivity index (χ3v) is 3.95. The predicted molar refractivity (Wildman–Crippen MR) is 89.0 cm³/mol. The average Bonchev–Trinajstić information content (AvgIpc) is 3.12. The van der Waals surface area contributed by atoms with Gasteiger partial charge in [-0.3, -0.25) is 4.40 Å². The second-order valence-corrected chi connectivity index (χ2v) is 5.46. The standard InChI is InChI=1S/C17H13N5O2/c1-2-4-13-12(3-1)16-21-18-10-22(16)17(20-13)19-11-5-6-14-15(9-11)24-8-7-23-14/h1-6,9-10H,7-8H2,(H,19,20). The van der Waals surface area contributed by atoms with Crippen LogP contribution in [0, 0.1) is 0 Å². The predicted octanol–water partition coefficient (Wildman–Crippen LogP) is 2.79. The van der Waals surface area contributed by atoms with Gasteiger partial charge in [-0.1, -0.05) is 12.1 Å². The Labute approximate surface area is 136 Å². The Morgan fingerprint density at radius 2 is 1.88 bits per heavy atom. The summed E-state index contributed by atoms with van der Waals surface area (Å²) >= 11 is 0. The summed E-state index contributed by atoms with van der Waals surface area (Å²) in [6.45, 7) is 1.13. The van der Waals surface area contributed by atoms with Gasteiger partial charge in [-0.05, 0) is 24.3 Å². The molecule has 1 N–H and O–H groups in total. The highest BCUT2D eigenvalue weighted by atomic mass is 16.6. The lowest BCUT2D eigenvalue weighted by atomic mass is 10.2. The lowest BCUT2D eigenvalue weighted by Crippen LogP contribution is -2.15. The first-order chi connectivity index (χ1) is 11.9. The van der Waals surface area contributed by atoms with Crippen molar-refractivity contribution in [3.63, 3.8) is 0 Å². The first kappa shape index (κ1) is 13.1. The molecule has 0 amide bonds. The van der Waals surface area contributed by atoms with Crippen LogP contribution in [0.5, 0.6) is 11.5 Å². The fourth-order valence-electron chi connectivity index (χ4n) is 2.84. The van der Waals surface area contributed by atoms with Crippen molar-refractivity contribution >= 4 is 28.2 Å². The van der Waals surface area contributed by atoms with Crippen LogP contribution in [0.4, 0.5) is 11.6 Å². The van der Waals surface area contributed by atoms with Gasteiger partial charge in [0.1, 0.15) is 19.5 Å². The van der Waals surface area contributed by atoms with E-state index >= 15 is 0 Å². The second kappa shape index (κ2) is 5.09. The van der Waals surface area contributed by atoms with Crippen LogP contribution in [0.15, 0.2) is 48.8 Å². The number of benzene rings is 2. The Morgan fingerprint density at radius 1 is 1.00 bits per heavy atom. The van der Waals surface area contributed by atoms with Gasteiger partial charge in [0.25, 0.3) is 0 Å². The molecule has 7 heteroatoms. The number of nitrogens with zero attached hydrogens (tertiary/aromatic N) is 4. The van der Waals surface area contributed by atoms with Crippen molar-refractivity contribution in [2.45, 2.75) is 0 Å². The van der Waals surface area contributed by atoms with E-state index in [9.17, 15) is 0 Å². The molecule has 7 nitrogen and oxygen atoms in total. The van der Waals surface area contributed by atoms with Crippen LogP contribution in [0.2, 0.25) is 0 Å². The molecule has 0 atom stereocenters. The van der Waals surface area contributed by atoms with Gasteiger partial charge < -0.3 is 14.8 Å². The molecule has 4 aromatic rings. The molecule has 24 heavy (non-hydrogen) atoms. The van der Waals surface area contributed by atoms with Crippen molar-refractivity contribution in [2.24, 2.45) is 0 Å². The van der Waals surface area contributed by atoms with Gasteiger partial charge in [-0.15, -0.1) is 10.2 Å². The van der Waals surface area contributed by atoms with Gasteiger partial charge >= 0.3 is 0 Å². The van der Waals surface area contributed by atoms with E-state index in [0.717, 1.165) is 33.7 Å². The zero-order chi connectivity index (χ0) is 15.9. The summed E-state index contributed by atoms with van der Waals surface area (Å²) in [6.07, 6.45) is 1.65. The number of ether oxygens (including phenoxy) is 2. The number of rotatable bonds is 2. The minimum atomic E-state index is 0.556. The molecular formula is C17H13N5O2. The third kappa shape index (κ3) is 2.02. The highest BCUT2D eigenvalue weighted by molar-refractivity contribution is 5.92. The fraction of sp³-hybridized carbons (Fsp3) is 0.118. The molecule has 0 radical (unpaired) electrons. The Bertz CT molecular complexity index is 1060.